The van der Waals surface area contributed by atoms with Gasteiger partial charge in [0.15, 0.2) is 0 Å². The maximum Gasteiger partial charge on any atom is 0.0471 e. The highest BCUT2D eigenvalue weighted by molar-refractivity contribution is 6.31. The van der Waals surface area contributed by atoms with Crippen LogP contribution in [-0.2, 0) is 6.54 Å². The van der Waals surface area contributed by atoms with Crippen molar-refractivity contribution in [2.24, 2.45) is 5.92 Å². The van der Waals surface area contributed by atoms with E-state index in [0.29, 0.717) is 0 Å². The fourth-order valence-corrected chi connectivity index (χ4v) is 2.99. The Morgan fingerprint density at radius 2 is 2.00 bits per heavy atom. The first kappa shape index (κ1) is 16.6. The lowest BCUT2D eigenvalue weighted by Gasteiger charge is -2.34. The molecule has 0 radical (unpaired) electrons. The van der Waals surface area contributed by atoms with Crippen LogP contribution in [0.5, 0.6) is 0 Å². The molecule has 3 heteroatoms. The maximum absolute atomic E-state index is 6.48. The van der Waals surface area contributed by atoms with Gasteiger partial charge < -0.3 is 10.2 Å². The average molecular weight is 309 g/mol. The molecule has 2 rings (SSSR count). The summed E-state index contributed by atoms with van der Waals surface area (Å²) in [6, 6.07) is 6.29. The van der Waals surface area contributed by atoms with E-state index in [2.05, 4.69) is 50.0 Å². The zero-order chi connectivity index (χ0) is 15.5. The molecule has 0 saturated heterocycles. The Morgan fingerprint density at radius 1 is 1.29 bits per heavy atom. The van der Waals surface area contributed by atoms with Crippen LogP contribution >= 0.6 is 11.6 Å². The van der Waals surface area contributed by atoms with Gasteiger partial charge in [0.1, 0.15) is 0 Å². The highest BCUT2D eigenvalue weighted by Crippen LogP contribution is 2.32. The molecule has 21 heavy (non-hydrogen) atoms. The molecular formula is C18H29ClN2. The zero-order valence-corrected chi connectivity index (χ0v) is 14.6. The van der Waals surface area contributed by atoms with Gasteiger partial charge in [0, 0.05) is 41.4 Å². The third-order valence-electron chi connectivity index (χ3n) is 4.32. The number of halogens is 1. The third kappa shape index (κ3) is 4.62. The minimum Gasteiger partial charge on any atom is -0.371 e. The fourth-order valence-electron chi connectivity index (χ4n) is 2.76. The van der Waals surface area contributed by atoms with Crippen LogP contribution in [0, 0.1) is 5.92 Å². The Hall–Kier alpha value is -0.730. The summed E-state index contributed by atoms with van der Waals surface area (Å²) in [5.74, 6) is 0.868. The van der Waals surface area contributed by atoms with Gasteiger partial charge in [-0.3, -0.25) is 0 Å². The minimum absolute atomic E-state index is 0.0987. The molecule has 0 amide bonds. The summed E-state index contributed by atoms with van der Waals surface area (Å²) in [6.45, 7) is 11.8. The van der Waals surface area contributed by atoms with Crippen molar-refractivity contribution >= 4 is 17.3 Å². The lowest BCUT2D eigenvalue weighted by atomic mass is 9.85. The molecule has 2 nitrogen and oxygen atoms in total. The van der Waals surface area contributed by atoms with E-state index in [0.717, 1.165) is 24.0 Å². The quantitative estimate of drug-likeness (QED) is 0.807. The summed E-state index contributed by atoms with van der Waals surface area (Å²) in [4.78, 5) is 2.50. The van der Waals surface area contributed by atoms with E-state index in [-0.39, 0.29) is 5.54 Å². The Kier molecular flexibility index (Phi) is 5.56. The summed E-state index contributed by atoms with van der Waals surface area (Å²) in [5.41, 5.74) is 2.63. The second-order valence-corrected chi connectivity index (χ2v) is 7.58. The summed E-state index contributed by atoms with van der Waals surface area (Å²) in [5, 5.41) is 4.44. The van der Waals surface area contributed by atoms with Crippen molar-refractivity contribution < 1.29 is 0 Å². The van der Waals surface area contributed by atoms with Crippen molar-refractivity contribution in [3.8, 4) is 0 Å². The van der Waals surface area contributed by atoms with Crippen molar-refractivity contribution in [3.05, 3.63) is 28.8 Å². The predicted octanol–water partition coefficient (Wildman–Crippen LogP) is 4.85. The Labute approximate surface area is 134 Å². The first-order chi connectivity index (χ1) is 9.90. The molecule has 1 N–H and O–H groups in total. The van der Waals surface area contributed by atoms with Gasteiger partial charge in [-0.05, 0) is 58.6 Å². The molecule has 0 heterocycles. The fraction of sp³-hybridized carbons (Fsp3) is 0.667. The first-order valence-corrected chi connectivity index (χ1v) is 8.56. The minimum atomic E-state index is 0.0987. The van der Waals surface area contributed by atoms with E-state index in [1.54, 1.807) is 0 Å². The smallest absolute Gasteiger partial charge is 0.0471 e. The van der Waals surface area contributed by atoms with Crippen LogP contribution in [-0.4, -0.2) is 18.6 Å². The SMILES string of the molecule is CCN(CC1CCC1)c1cccc(Cl)c1CNC(C)(C)C. The van der Waals surface area contributed by atoms with Crippen LogP contribution in [0.25, 0.3) is 0 Å². The van der Waals surface area contributed by atoms with Crippen LogP contribution in [0.1, 0.15) is 52.5 Å². The van der Waals surface area contributed by atoms with Crippen LogP contribution in [0.2, 0.25) is 5.02 Å². The van der Waals surface area contributed by atoms with Crippen LogP contribution < -0.4 is 10.2 Å². The molecule has 1 fully saturated rings. The third-order valence-corrected chi connectivity index (χ3v) is 4.67. The van der Waals surface area contributed by atoms with Crippen molar-refractivity contribution in [1.29, 1.82) is 0 Å². The number of benzene rings is 1. The highest BCUT2D eigenvalue weighted by atomic mass is 35.5. The molecule has 1 aliphatic carbocycles. The van der Waals surface area contributed by atoms with Gasteiger partial charge in [0.05, 0.1) is 0 Å². The molecule has 1 saturated carbocycles. The number of nitrogens with one attached hydrogen (secondary N) is 1. The highest BCUT2D eigenvalue weighted by Gasteiger charge is 2.22. The first-order valence-electron chi connectivity index (χ1n) is 8.18. The maximum atomic E-state index is 6.48. The number of hydrogen-bond donors (Lipinski definition) is 1. The molecule has 1 aromatic rings. The summed E-state index contributed by atoms with van der Waals surface area (Å²) < 4.78 is 0. The zero-order valence-electron chi connectivity index (χ0n) is 13.9. The van der Waals surface area contributed by atoms with Gasteiger partial charge in [-0.25, -0.2) is 0 Å². The van der Waals surface area contributed by atoms with E-state index in [4.69, 9.17) is 11.6 Å². The second-order valence-electron chi connectivity index (χ2n) is 7.18. The molecule has 0 atom stereocenters. The molecule has 1 aliphatic rings. The van der Waals surface area contributed by atoms with Gasteiger partial charge in [0.25, 0.3) is 0 Å². The van der Waals surface area contributed by atoms with Gasteiger partial charge in [-0.1, -0.05) is 24.1 Å². The average Bonchev–Trinajstić information content (AvgIpc) is 2.35. The van der Waals surface area contributed by atoms with Crippen LogP contribution in [0.3, 0.4) is 0 Å². The second kappa shape index (κ2) is 7.02. The monoisotopic (exact) mass is 308 g/mol. The predicted molar refractivity (Wildman–Crippen MR) is 93.3 cm³/mol. The standard InChI is InChI=1S/C18H29ClN2/c1-5-21(13-14-8-6-9-14)17-11-7-10-16(19)15(17)12-20-18(2,3)4/h7,10-11,14,20H,5-6,8-9,12-13H2,1-4H3. The molecule has 1 aromatic carbocycles. The lowest BCUT2D eigenvalue weighted by molar-refractivity contribution is 0.318. The van der Waals surface area contributed by atoms with E-state index in [1.807, 2.05) is 6.07 Å². The normalized spacial score (nSPS) is 15.9. The Balaban J connectivity index is 2.17. The summed E-state index contributed by atoms with van der Waals surface area (Å²) in [6.07, 6.45) is 4.16. The van der Waals surface area contributed by atoms with Crippen molar-refractivity contribution in [2.75, 3.05) is 18.0 Å². The molecular weight excluding hydrogens is 280 g/mol. The van der Waals surface area contributed by atoms with Gasteiger partial charge >= 0.3 is 0 Å². The summed E-state index contributed by atoms with van der Waals surface area (Å²) in [7, 11) is 0. The molecule has 0 spiro atoms. The number of hydrogen-bond acceptors (Lipinski definition) is 2. The van der Waals surface area contributed by atoms with E-state index in [1.165, 1.54) is 37.1 Å². The van der Waals surface area contributed by atoms with Crippen LogP contribution in [0.15, 0.2) is 18.2 Å². The van der Waals surface area contributed by atoms with Gasteiger partial charge in [-0.15, -0.1) is 0 Å². The topological polar surface area (TPSA) is 15.3 Å². The number of anilines is 1. The Bertz CT molecular complexity index is 461. The van der Waals surface area contributed by atoms with E-state index < -0.39 is 0 Å². The molecule has 0 aromatic heterocycles. The van der Waals surface area contributed by atoms with Gasteiger partial charge in [0.2, 0.25) is 0 Å². The number of rotatable bonds is 6. The Morgan fingerprint density at radius 3 is 2.52 bits per heavy atom. The van der Waals surface area contributed by atoms with Crippen LogP contribution in [0.4, 0.5) is 5.69 Å². The van der Waals surface area contributed by atoms with Crippen molar-refractivity contribution in [1.82, 2.24) is 5.32 Å². The van der Waals surface area contributed by atoms with Gasteiger partial charge in [-0.2, -0.15) is 0 Å². The summed E-state index contributed by atoms with van der Waals surface area (Å²) >= 11 is 6.48. The molecule has 0 unspecified atom stereocenters. The van der Waals surface area contributed by atoms with E-state index >= 15 is 0 Å². The van der Waals surface area contributed by atoms with E-state index in [9.17, 15) is 0 Å². The van der Waals surface area contributed by atoms with Crippen molar-refractivity contribution in [2.45, 2.75) is 59.0 Å². The largest absolute Gasteiger partial charge is 0.371 e. The van der Waals surface area contributed by atoms with Crippen molar-refractivity contribution in [3.63, 3.8) is 0 Å². The molecule has 118 valence electrons. The number of nitrogens with zero attached hydrogens (tertiary/aromatic N) is 1. The molecule has 0 aliphatic heterocycles. The lowest BCUT2D eigenvalue weighted by Crippen LogP contribution is -2.37. The molecule has 0 bridgehead atoms.